The predicted molar refractivity (Wildman–Crippen MR) is 99.9 cm³/mol. The molecule has 0 spiro atoms. The Morgan fingerprint density at radius 1 is 1.12 bits per heavy atom. The molecule has 2 atom stereocenters. The van der Waals surface area contributed by atoms with Crippen molar-refractivity contribution in [2.24, 2.45) is 5.92 Å². The van der Waals surface area contributed by atoms with Gasteiger partial charge in [-0.15, -0.1) is 0 Å². The van der Waals surface area contributed by atoms with E-state index in [1.165, 1.54) is 37.7 Å². The van der Waals surface area contributed by atoms with E-state index in [0.717, 1.165) is 23.4 Å². The summed E-state index contributed by atoms with van der Waals surface area (Å²) in [6.45, 7) is 0. The molecule has 0 aromatic carbocycles. The van der Waals surface area contributed by atoms with Crippen LogP contribution in [0.25, 0.3) is 11.0 Å². The molecule has 0 saturated heterocycles. The molecular formula is C19H24N6. The second kappa shape index (κ2) is 6.70. The summed E-state index contributed by atoms with van der Waals surface area (Å²) in [6, 6.07) is 6.59. The number of pyridine rings is 1. The maximum atomic E-state index is 5.95. The molecule has 130 valence electrons. The van der Waals surface area contributed by atoms with Crippen LogP contribution < -0.4 is 11.5 Å². The van der Waals surface area contributed by atoms with Crippen molar-refractivity contribution in [1.29, 1.82) is 0 Å². The minimum atomic E-state index is 0.522. The topological polar surface area (TPSA) is 95.6 Å². The van der Waals surface area contributed by atoms with E-state index >= 15 is 0 Å². The van der Waals surface area contributed by atoms with Gasteiger partial charge in [0.15, 0.2) is 0 Å². The molecule has 1 aliphatic rings. The molecule has 1 aliphatic carbocycles. The Kier molecular flexibility index (Phi) is 4.26. The minimum Gasteiger partial charge on any atom is -0.384 e. The predicted octanol–water partition coefficient (Wildman–Crippen LogP) is 3.35. The lowest BCUT2D eigenvalue weighted by atomic mass is 9.98. The molecule has 1 saturated carbocycles. The van der Waals surface area contributed by atoms with E-state index in [-0.39, 0.29) is 0 Å². The summed E-state index contributed by atoms with van der Waals surface area (Å²) >= 11 is 0. The first-order valence-electron chi connectivity index (χ1n) is 8.98. The van der Waals surface area contributed by atoms with Crippen LogP contribution in [0.5, 0.6) is 0 Å². The van der Waals surface area contributed by atoms with E-state index < -0.39 is 0 Å². The van der Waals surface area contributed by atoms with Gasteiger partial charge in [-0.3, -0.25) is 0 Å². The third-order valence-electron chi connectivity index (χ3n) is 5.37. The zero-order chi connectivity index (χ0) is 17.2. The summed E-state index contributed by atoms with van der Waals surface area (Å²) in [7, 11) is 0. The fourth-order valence-electron chi connectivity index (χ4n) is 4.09. The van der Waals surface area contributed by atoms with Crippen molar-refractivity contribution in [1.82, 2.24) is 19.5 Å². The molecule has 0 aliphatic heterocycles. The Bertz CT molecular complexity index is 871. The third kappa shape index (κ3) is 3.29. The maximum absolute atomic E-state index is 5.95. The van der Waals surface area contributed by atoms with Crippen molar-refractivity contribution in [3.8, 4) is 0 Å². The molecule has 3 aromatic rings. The van der Waals surface area contributed by atoms with Crippen LogP contribution >= 0.6 is 0 Å². The SMILES string of the molecule is Nc1cc(CCCC2CCC(n3ccc4c(N)ncnc43)C2)ccn1. The smallest absolute Gasteiger partial charge is 0.145 e. The Hall–Kier alpha value is -2.63. The first-order valence-corrected chi connectivity index (χ1v) is 8.98. The molecule has 4 rings (SSSR count). The molecule has 25 heavy (non-hydrogen) atoms. The van der Waals surface area contributed by atoms with Crippen LogP contribution in [-0.2, 0) is 6.42 Å². The number of aryl methyl sites for hydroxylation is 1. The number of aromatic nitrogens is 4. The highest BCUT2D eigenvalue weighted by Crippen LogP contribution is 2.39. The van der Waals surface area contributed by atoms with Gasteiger partial charge in [-0.25, -0.2) is 15.0 Å². The lowest BCUT2D eigenvalue weighted by Gasteiger charge is -2.14. The van der Waals surface area contributed by atoms with Crippen LogP contribution in [-0.4, -0.2) is 19.5 Å². The van der Waals surface area contributed by atoms with Crippen molar-refractivity contribution >= 4 is 22.7 Å². The van der Waals surface area contributed by atoms with Crippen molar-refractivity contribution < 1.29 is 0 Å². The molecular weight excluding hydrogens is 312 g/mol. The van der Waals surface area contributed by atoms with Gasteiger partial charge in [0, 0.05) is 18.4 Å². The number of nitrogen functional groups attached to an aromatic ring is 2. The zero-order valence-electron chi connectivity index (χ0n) is 14.3. The first kappa shape index (κ1) is 15.9. The average Bonchev–Trinajstić information content (AvgIpc) is 3.22. The summed E-state index contributed by atoms with van der Waals surface area (Å²) in [5, 5.41) is 0.959. The third-order valence-corrected chi connectivity index (χ3v) is 5.37. The molecule has 2 unspecified atom stereocenters. The zero-order valence-corrected chi connectivity index (χ0v) is 14.3. The number of hydrogen-bond acceptors (Lipinski definition) is 5. The standard InChI is InChI=1S/C19H24N6/c20-17-11-14(6-8-22-17)3-1-2-13-4-5-15(10-13)25-9-7-16-18(21)23-12-24-19(16)25/h6-9,11-13,15H,1-5,10H2,(H2,20,22)(H2,21,23,24). The monoisotopic (exact) mass is 336 g/mol. The van der Waals surface area contributed by atoms with Crippen molar-refractivity contribution in [3.63, 3.8) is 0 Å². The Morgan fingerprint density at radius 2 is 2.04 bits per heavy atom. The molecule has 6 nitrogen and oxygen atoms in total. The van der Waals surface area contributed by atoms with Crippen molar-refractivity contribution in [3.05, 3.63) is 42.5 Å². The van der Waals surface area contributed by atoms with Gasteiger partial charge in [0.25, 0.3) is 0 Å². The van der Waals surface area contributed by atoms with Gasteiger partial charge in [0.05, 0.1) is 5.39 Å². The molecule has 0 radical (unpaired) electrons. The number of hydrogen-bond donors (Lipinski definition) is 2. The van der Waals surface area contributed by atoms with Gasteiger partial charge in [0.2, 0.25) is 0 Å². The molecule has 0 bridgehead atoms. The molecule has 6 heteroatoms. The summed E-state index contributed by atoms with van der Waals surface area (Å²) in [5.74, 6) is 1.95. The largest absolute Gasteiger partial charge is 0.384 e. The van der Waals surface area contributed by atoms with E-state index in [0.29, 0.717) is 17.7 Å². The second-order valence-corrected chi connectivity index (χ2v) is 7.03. The van der Waals surface area contributed by atoms with Crippen molar-refractivity contribution in [2.75, 3.05) is 11.5 Å². The summed E-state index contributed by atoms with van der Waals surface area (Å²) in [5.41, 5.74) is 13.9. The number of rotatable bonds is 5. The fourth-order valence-corrected chi connectivity index (χ4v) is 4.09. The Balaban J connectivity index is 1.36. The molecule has 1 fully saturated rings. The van der Waals surface area contributed by atoms with Crippen LogP contribution in [0, 0.1) is 5.92 Å². The van der Waals surface area contributed by atoms with E-state index in [1.54, 1.807) is 12.5 Å². The molecule has 3 heterocycles. The molecule has 4 N–H and O–H groups in total. The number of fused-ring (bicyclic) bond motifs is 1. The van der Waals surface area contributed by atoms with Gasteiger partial charge >= 0.3 is 0 Å². The first-order chi connectivity index (χ1) is 12.2. The van der Waals surface area contributed by atoms with Crippen LogP contribution in [0.15, 0.2) is 36.9 Å². The van der Waals surface area contributed by atoms with Gasteiger partial charge in [-0.05, 0) is 61.8 Å². The Labute approximate surface area is 147 Å². The van der Waals surface area contributed by atoms with Gasteiger partial charge < -0.3 is 16.0 Å². The lowest BCUT2D eigenvalue weighted by Crippen LogP contribution is -2.06. The quantitative estimate of drug-likeness (QED) is 0.745. The summed E-state index contributed by atoms with van der Waals surface area (Å²) < 4.78 is 2.29. The summed E-state index contributed by atoms with van der Waals surface area (Å²) in [6.07, 6.45) is 12.7. The minimum absolute atomic E-state index is 0.522. The number of nitrogens with zero attached hydrogens (tertiary/aromatic N) is 4. The van der Waals surface area contributed by atoms with Crippen LogP contribution in [0.2, 0.25) is 0 Å². The average molecular weight is 336 g/mol. The van der Waals surface area contributed by atoms with Crippen LogP contribution in [0.3, 0.4) is 0 Å². The highest BCUT2D eigenvalue weighted by Gasteiger charge is 2.26. The number of nitrogens with two attached hydrogens (primary N) is 2. The fraction of sp³-hybridized carbons (Fsp3) is 0.421. The van der Waals surface area contributed by atoms with E-state index in [1.807, 2.05) is 12.1 Å². The Morgan fingerprint density at radius 3 is 2.92 bits per heavy atom. The van der Waals surface area contributed by atoms with Gasteiger partial charge in [-0.2, -0.15) is 0 Å². The highest BCUT2D eigenvalue weighted by molar-refractivity contribution is 5.86. The van der Waals surface area contributed by atoms with E-state index in [9.17, 15) is 0 Å². The van der Waals surface area contributed by atoms with Gasteiger partial charge in [-0.1, -0.05) is 6.42 Å². The lowest BCUT2D eigenvalue weighted by molar-refractivity contribution is 0.449. The van der Waals surface area contributed by atoms with Crippen molar-refractivity contribution in [2.45, 2.75) is 44.6 Å². The van der Waals surface area contributed by atoms with Gasteiger partial charge in [0.1, 0.15) is 23.6 Å². The second-order valence-electron chi connectivity index (χ2n) is 7.03. The van der Waals surface area contributed by atoms with Crippen LogP contribution in [0.4, 0.5) is 11.6 Å². The highest BCUT2D eigenvalue weighted by atomic mass is 15.1. The normalized spacial score (nSPS) is 20.3. The maximum Gasteiger partial charge on any atom is 0.145 e. The molecule has 3 aromatic heterocycles. The molecule has 0 amide bonds. The number of anilines is 2. The van der Waals surface area contributed by atoms with E-state index in [2.05, 4.69) is 31.8 Å². The van der Waals surface area contributed by atoms with E-state index in [4.69, 9.17) is 11.5 Å². The summed E-state index contributed by atoms with van der Waals surface area (Å²) in [4.78, 5) is 12.6. The van der Waals surface area contributed by atoms with Crippen LogP contribution in [0.1, 0.15) is 43.7 Å².